The zero-order chi connectivity index (χ0) is 7.72. The molecule has 0 aliphatic carbocycles. The molecule has 0 aromatic carbocycles. The van der Waals surface area contributed by atoms with E-state index in [4.69, 9.17) is 5.48 Å². The summed E-state index contributed by atoms with van der Waals surface area (Å²) in [7, 11) is 0. The Morgan fingerprint density at radius 2 is 2.67 bits per heavy atom. The maximum Gasteiger partial charge on any atom is 0.0886 e. The number of rotatable bonds is 0. The van der Waals surface area contributed by atoms with Gasteiger partial charge in [0.15, 0.2) is 0 Å². The van der Waals surface area contributed by atoms with E-state index in [9.17, 15) is 0 Å². The molecule has 0 N–H and O–H groups in total. The fraction of sp³-hybridized carbons (Fsp3) is 0. The van der Waals surface area contributed by atoms with Gasteiger partial charge in [0.05, 0.1) is 11.7 Å². The number of hydrogen-bond donors (Lipinski definition) is 0. The predicted molar refractivity (Wildman–Crippen MR) is 23.1 cm³/mol. The van der Waals surface area contributed by atoms with Crippen LogP contribution in [-0.4, -0.2) is 4.98 Å². The number of hydrogen-bond acceptors (Lipinski definition) is 1. The van der Waals surface area contributed by atoms with Crippen molar-refractivity contribution in [3.8, 4) is 0 Å². The highest BCUT2D eigenvalue weighted by atomic mass is 14.6. The summed E-state index contributed by atoms with van der Waals surface area (Å²) in [6, 6.07) is -0.843. The standard InChI is InChI=1S/C5H4N/c1-2-4-6-5-3-1/h1-4H/i1D,2D,3D,4D. The van der Waals surface area contributed by atoms with Gasteiger partial charge in [0.25, 0.3) is 0 Å². The molecule has 0 saturated carbocycles. The quantitative estimate of drug-likeness (QED) is 0.452. The Balaban J connectivity index is 3.34. The van der Waals surface area contributed by atoms with Crippen LogP contribution in [0.15, 0.2) is 24.3 Å². The highest BCUT2D eigenvalue weighted by Crippen LogP contribution is 1.72. The second-order valence-corrected chi connectivity index (χ2v) is 0.710. The van der Waals surface area contributed by atoms with Gasteiger partial charge in [-0.3, -0.25) is 4.98 Å². The third kappa shape index (κ3) is 0.549. The molecule has 0 amide bonds. The molecule has 29 valence electrons. The lowest BCUT2D eigenvalue weighted by Gasteiger charge is -1.68. The zero-order valence-corrected chi connectivity index (χ0v) is 2.95. The van der Waals surface area contributed by atoms with Crippen LogP contribution in [0.25, 0.3) is 0 Å². The van der Waals surface area contributed by atoms with E-state index in [0.717, 1.165) is 0 Å². The zero-order valence-electron chi connectivity index (χ0n) is 6.95. The Labute approximate surface area is 42.3 Å². The van der Waals surface area contributed by atoms with E-state index in [1.54, 1.807) is 0 Å². The Bertz CT molecular complexity index is 233. The van der Waals surface area contributed by atoms with Gasteiger partial charge in [-0.25, -0.2) is 0 Å². The minimum Gasteiger partial charge on any atom is -0.255 e. The first-order chi connectivity index (χ1) is 4.63. The van der Waals surface area contributed by atoms with Gasteiger partial charge in [0, 0.05) is 6.17 Å². The summed E-state index contributed by atoms with van der Waals surface area (Å²) in [5, 5.41) is 0. The van der Waals surface area contributed by atoms with Gasteiger partial charge < -0.3 is 0 Å². The van der Waals surface area contributed by atoms with Crippen LogP contribution in [0.5, 0.6) is 0 Å². The van der Waals surface area contributed by atoms with Crippen LogP contribution < -0.4 is 0 Å². The molecule has 1 rings (SSSR count). The summed E-state index contributed by atoms with van der Waals surface area (Å²) in [5.41, 5.74) is 0. The summed E-state index contributed by atoms with van der Waals surface area (Å²) in [6.07, 6.45) is 1.83. The largest absolute Gasteiger partial charge is 0.255 e. The van der Waals surface area contributed by atoms with Gasteiger partial charge in [0.2, 0.25) is 0 Å². The molecule has 1 radical (unpaired) electrons. The Morgan fingerprint density at radius 3 is 3.50 bits per heavy atom. The maximum atomic E-state index is 7.02. The molecule has 0 bridgehead atoms. The molecule has 0 unspecified atom stereocenters. The fourth-order valence-corrected chi connectivity index (χ4v) is 0.171. The maximum absolute atomic E-state index is 7.02. The van der Waals surface area contributed by atoms with Gasteiger partial charge in [-0.2, -0.15) is 0 Å². The van der Waals surface area contributed by atoms with E-state index < -0.39 is 0 Å². The number of nitrogens with zero attached hydrogens (tertiary/aromatic N) is 1. The van der Waals surface area contributed by atoms with Crippen molar-refractivity contribution in [2.45, 2.75) is 0 Å². The van der Waals surface area contributed by atoms with Crippen molar-refractivity contribution in [1.29, 1.82) is 0 Å². The fourth-order valence-electron chi connectivity index (χ4n) is 0.171. The lowest BCUT2D eigenvalue weighted by atomic mass is 10.5. The predicted octanol–water partition coefficient (Wildman–Crippen LogP) is 0.882. The Kier molecular flexibility index (Phi) is 0.274. The Hall–Kier alpha value is -0.850. The van der Waals surface area contributed by atoms with Gasteiger partial charge in [-0.1, -0.05) is 6.04 Å². The van der Waals surface area contributed by atoms with Crippen molar-refractivity contribution in [1.82, 2.24) is 4.98 Å². The summed E-state index contributed by atoms with van der Waals surface area (Å²) in [6.45, 7) is 0. The first kappa shape index (κ1) is 1.06. The second kappa shape index (κ2) is 1.55. The van der Waals surface area contributed by atoms with Gasteiger partial charge in [-0.05, 0) is 12.1 Å². The van der Waals surface area contributed by atoms with Crippen molar-refractivity contribution < 1.29 is 5.48 Å². The van der Waals surface area contributed by atoms with E-state index >= 15 is 0 Å². The van der Waals surface area contributed by atoms with Crippen LogP contribution >= 0.6 is 0 Å². The summed E-state index contributed by atoms with van der Waals surface area (Å²) >= 11 is 0. The molecule has 0 spiro atoms. The van der Waals surface area contributed by atoms with Crippen LogP contribution in [-0.2, 0) is 0 Å². The molecule has 1 nitrogen and oxygen atoms in total. The van der Waals surface area contributed by atoms with E-state index in [1.165, 1.54) is 0 Å². The molecule has 0 aliphatic heterocycles. The molecule has 0 atom stereocenters. The smallest absolute Gasteiger partial charge is 0.0886 e. The first-order valence-electron chi connectivity index (χ1n) is 3.45. The Morgan fingerprint density at radius 1 is 1.67 bits per heavy atom. The van der Waals surface area contributed by atoms with E-state index in [2.05, 4.69) is 11.2 Å². The highest BCUT2D eigenvalue weighted by molar-refractivity contribution is 4.86. The molecule has 0 saturated heterocycles. The van der Waals surface area contributed by atoms with Crippen LogP contribution in [0.1, 0.15) is 5.48 Å². The van der Waals surface area contributed by atoms with Gasteiger partial charge >= 0.3 is 0 Å². The van der Waals surface area contributed by atoms with Crippen LogP contribution in [0.4, 0.5) is 0 Å². The van der Waals surface area contributed by atoms with Crippen molar-refractivity contribution in [2.75, 3.05) is 0 Å². The molecule has 1 heterocycles. The lowest BCUT2D eigenvalue weighted by molar-refractivity contribution is 1.31. The minimum absolute atomic E-state index is 0.235. The highest BCUT2D eigenvalue weighted by Gasteiger charge is 1.59. The average molecular weight is 82.1 g/mol. The summed E-state index contributed by atoms with van der Waals surface area (Å²) < 4.78 is 27.9. The number of pyridine rings is 1. The first-order valence-corrected chi connectivity index (χ1v) is 1.45. The van der Waals surface area contributed by atoms with Crippen molar-refractivity contribution in [3.05, 3.63) is 30.5 Å². The van der Waals surface area contributed by atoms with Crippen LogP contribution in [0.3, 0.4) is 0 Å². The third-order valence-corrected chi connectivity index (χ3v) is 0.349. The van der Waals surface area contributed by atoms with E-state index in [-0.39, 0.29) is 24.3 Å². The van der Waals surface area contributed by atoms with Crippen LogP contribution in [0.2, 0.25) is 0 Å². The SMILES string of the molecule is [2H]c1[c]nc([2H])c([2H])c1[2H]. The number of aromatic nitrogens is 1. The molecule has 1 heteroatoms. The molecule has 6 heavy (non-hydrogen) atoms. The van der Waals surface area contributed by atoms with E-state index in [1.807, 2.05) is 0 Å². The van der Waals surface area contributed by atoms with Crippen molar-refractivity contribution in [2.24, 2.45) is 0 Å². The summed E-state index contributed by atoms with van der Waals surface area (Å²) in [4.78, 5) is 3.29. The topological polar surface area (TPSA) is 12.9 Å². The summed E-state index contributed by atoms with van der Waals surface area (Å²) in [5.74, 6) is 0. The third-order valence-electron chi connectivity index (χ3n) is 0.349. The minimum atomic E-state index is -0.316. The van der Waals surface area contributed by atoms with E-state index in [0.29, 0.717) is 0 Å². The molecule has 0 fully saturated rings. The molecule has 1 aromatic heterocycles. The molecular formula is C5H4N. The molecular weight excluding hydrogens is 74.1 g/mol. The molecule has 0 aliphatic rings. The van der Waals surface area contributed by atoms with Crippen molar-refractivity contribution >= 4 is 0 Å². The molecule has 1 aromatic rings. The normalized spacial score (nSPS) is 17.3. The lowest BCUT2D eigenvalue weighted by Crippen LogP contribution is -1.60. The van der Waals surface area contributed by atoms with Gasteiger partial charge in [-0.15, -0.1) is 0 Å². The van der Waals surface area contributed by atoms with Crippen LogP contribution in [0, 0.1) is 6.20 Å². The van der Waals surface area contributed by atoms with Gasteiger partial charge in [0.1, 0.15) is 0 Å². The average Bonchev–Trinajstić information content (AvgIpc) is 1.93. The second-order valence-electron chi connectivity index (χ2n) is 0.710. The van der Waals surface area contributed by atoms with Crippen molar-refractivity contribution in [3.63, 3.8) is 0 Å². The monoisotopic (exact) mass is 82.1 g/mol.